The van der Waals surface area contributed by atoms with E-state index in [1.54, 1.807) is 22.8 Å². The number of hydrogen-bond donors (Lipinski definition) is 0. The molecule has 4 aromatic rings. The standard InChI is InChI=1S/C19H12Cl2N2OS2/c1-25-19-22-17-13(10-16(26-17)11-5-3-2-4-6-11)18(24)23(19)15-8-7-12(20)9-14(15)21/h2-10H,1H3. The molecule has 0 bridgehead atoms. The van der Waals surface area contributed by atoms with E-state index in [1.807, 2.05) is 42.7 Å². The molecule has 0 unspecified atom stereocenters. The van der Waals surface area contributed by atoms with Crippen molar-refractivity contribution in [2.75, 3.05) is 6.26 Å². The van der Waals surface area contributed by atoms with Crippen LogP contribution in [0.4, 0.5) is 0 Å². The maximum Gasteiger partial charge on any atom is 0.267 e. The molecule has 2 aromatic carbocycles. The first-order chi connectivity index (χ1) is 12.6. The maximum absolute atomic E-state index is 13.2. The lowest BCUT2D eigenvalue weighted by atomic mass is 10.2. The minimum Gasteiger partial charge on any atom is -0.268 e. The molecule has 2 heterocycles. The number of halogens is 2. The molecule has 130 valence electrons. The third-order valence-corrected chi connectivity index (χ3v) is 6.18. The molecule has 0 saturated heterocycles. The van der Waals surface area contributed by atoms with Gasteiger partial charge >= 0.3 is 0 Å². The number of fused-ring (bicyclic) bond motifs is 1. The molecule has 0 aliphatic heterocycles. The van der Waals surface area contributed by atoms with Crippen LogP contribution in [0, 0.1) is 0 Å². The summed E-state index contributed by atoms with van der Waals surface area (Å²) < 4.78 is 1.55. The molecule has 3 nitrogen and oxygen atoms in total. The van der Waals surface area contributed by atoms with Crippen LogP contribution >= 0.6 is 46.3 Å². The van der Waals surface area contributed by atoms with Crippen molar-refractivity contribution in [3.05, 3.63) is 75.0 Å². The summed E-state index contributed by atoms with van der Waals surface area (Å²) in [7, 11) is 0. The lowest BCUT2D eigenvalue weighted by Crippen LogP contribution is -2.21. The molecule has 0 spiro atoms. The summed E-state index contributed by atoms with van der Waals surface area (Å²) in [6.07, 6.45) is 1.89. The van der Waals surface area contributed by atoms with E-state index in [0.29, 0.717) is 26.3 Å². The molecule has 7 heteroatoms. The molecule has 0 atom stereocenters. The fourth-order valence-corrected chi connectivity index (χ4v) is 4.84. The third kappa shape index (κ3) is 3.05. The monoisotopic (exact) mass is 418 g/mol. The molecule has 0 N–H and O–H groups in total. The number of aromatic nitrogens is 2. The highest BCUT2D eigenvalue weighted by atomic mass is 35.5. The zero-order valence-corrected chi connectivity index (χ0v) is 16.7. The highest BCUT2D eigenvalue weighted by molar-refractivity contribution is 7.98. The molecule has 0 radical (unpaired) electrons. The smallest absolute Gasteiger partial charge is 0.267 e. The van der Waals surface area contributed by atoms with E-state index in [0.717, 1.165) is 15.3 Å². The summed E-state index contributed by atoms with van der Waals surface area (Å²) in [5.41, 5.74) is 1.51. The Labute approximate surface area is 168 Å². The largest absolute Gasteiger partial charge is 0.268 e. The number of rotatable bonds is 3. The highest BCUT2D eigenvalue weighted by Crippen LogP contribution is 2.33. The van der Waals surface area contributed by atoms with Crippen LogP contribution in [-0.4, -0.2) is 15.8 Å². The van der Waals surface area contributed by atoms with E-state index >= 15 is 0 Å². The van der Waals surface area contributed by atoms with Gasteiger partial charge in [-0.3, -0.25) is 9.36 Å². The molecular formula is C19H12Cl2N2OS2. The Hall–Kier alpha value is -1.79. The Bertz CT molecular complexity index is 1170. The maximum atomic E-state index is 13.2. The molecule has 0 amide bonds. The molecule has 0 aliphatic carbocycles. The van der Waals surface area contributed by atoms with Gasteiger partial charge in [0, 0.05) is 9.90 Å². The minimum absolute atomic E-state index is 0.137. The van der Waals surface area contributed by atoms with Gasteiger partial charge < -0.3 is 0 Å². The molecule has 0 aliphatic rings. The van der Waals surface area contributed by atoms with Crippen LogP contribution in [0.15, 0.2) is 64.5 Å². The van der Waals surface area contributed by atoms with Gasteiger partial charge in [0.1, 0.15) is 4.83 Å². The van der Waals surface area contributed by atoms with Gasteiger partial charge in [0.25, 0.3) is 5.56 Å². The van der Waals surface area contributed by atoms with Gasteiger partial charge in [0.15, 0.2) is 5.16 Å². The van der Waals surface area contributed by atoms with Crippen molar-refractivity contribution in [1.29, 1.82) is 0 Å². The van der Waals surface area contributed by atoms with Crippen LogP contribution in [0.5, 0.6) is 0 Å². The van der Waals surface area contributed by atoms with E-state index in [4.69, 9.17) is 28.2 Å². The summed E-state index contributed by atoms with van der Waals surface area (Å²) in [6, 6.07) is 17.0. The summed E-state index contributed by atoms with van der Waals surface area (Å²) in [6.45, 7) is 0. The SMILES string of the molecule is CSc1nc2sc(-c3ccccc3)cc2c(=O)n1-c1ccc(Cl)cc1Cl. The highest BCUT2D eigenvalue weighted by Gasteiger charge is 2.17. The molecule has 0 saturated carbocycles. The van der Waals surface area contributed by atoms with Crippen molar-refractivity contribution in [2.45, 2.75) is 5.16 Å². The van der Waals surface area contributed by atoms with Gasteiger partial charge in [-0.1, -0.05) is 65.3 Å². The second kappa shape index (κ2) is 7.08. The Morgan fingerprint density at radius 1 is 1.08 bits per heavy atom. The fourth-order valence-electron chi connectivity index (χ4n) is 2.72. The number of nitrogens with zero attached hydrogens (tertiary/aromatic N) is 2. The van der Waals surface area contributed by atoms with Crippen molar-refractivity contribution in [2.24, 2.45) is 0 Å². The molecule has 2 aromatic heterocycles. The molecular weight excluding hydrogens is 407 g/mol. The average Bonchev–Trinajstić information content (AvgIpc) is 3.08. The number of benzene rings is 2. The molecule has 0 fully saturated rings. The van der Waals surface area contributed by atoms with Crippen LogP contribution in [0.3, 0.4) is 0 Å². The van der Waals surface area contributed by atoms with E-state index in [-0.39, 0.29) is 5.56 Å². The second-order valence-electron chi connectivity index (χ2n) is 5.53. The first kappa shape index (κ1) is 17.6. The summed E-state index contributed by atoms with van der Waals surface area (Å²) in [5, 5.41) is 2.11. The number of hydrogen-bond acceptors (Lipinski definition) is 4. The minimum atomic E-state index is -0.137. The summed E-state index contributed by atoms with van der Waals surface area (Å²) in [4.78, 5) is 19.6. The lowest BCUT2D eigenvalue weighted by molar-refractivity contribution is 0.825. The van der Waals surface area contributed by atoms with Crippen LogP contribution in [0.1, 0.15) is 0 Å². The van der Waals surface area contributed by atoms with Gasteiger partial charge in [-0.15, -0.1) is 11.3 Å². The zero-order chi connectivity index (χ0) is 18.3. The van der Waals surface area contributed by atoms with Crippen molar-refractivity contribution in [3.63, 3.8) is 0 Å². The predicted molar refractivity (Wildman–Crippen MR) is 112 cm³/mol. The topological polar surface area (TPSA) is 34.9 Å². The van der Waals surface area contributed by atoms with Crippen molar-refractivity contribution < 1.29 is 0 Å². The lowest BCUT2D eigenvalue weighted by Gasteiger charge is -2.12. The van der Waals surface area contributed by atoms with Gasteiger partial charge in [-0.05, 0) is 36.1 Å². The molecule has 26 heavy (non-hydrogen) atoms. The van der Waals surface area contributed by atoms with Crippen LogP contribution in [0.25, 0.3) is 26.3 Å². The Morgan fingerprint density at radius 3 is 2.54 bits per heavy atom. The van der Waals surface area contributed by atoms with Gasteiger partial charge in [0.05, 0.1) is 16.1 Å². The number of thioether (sulfide) groups is 1. The summed E-state index contributed by atoms with van der Waals surface area (Å²) >= 11 is 15.2. The number of thiophene rings is 1. The van der Waals surface area contributed by atoms with Crippen LogP contribution in [0.2, 0.25) is 10.0 Å². The van der Waals surface area contributed by atoms with Crippen LogP contribution in [-0.2, 0) is 0 Å². The quantitative estimate of drug-likeness (QED) is 0.295. The molecule has 4 rings (SSSR count). The first-order valence-corrected chi connectivity index (χ1v) is 10.5. The fraction of sp³-hybridized carbons (Fsp3) is 0.0526. The first-order valence-electron chi connectivity index (χ1n) is 7.70. The van der Waals surface area contributed by atoms with E-state index in [2.05, 4.69) is 0 Å². The van der Waals surface area contributed by atoms with Crippen molar-refractivity contribution in [1.82, 2.24) is 9.55 Å². The van der Waals surface area contributed by atoms with Gasteiger partial charge in [-0.2, -0.15) is 0 Å². The third-order valence-electron chi connectivity index (χ3n) is 3.93. The second-order valence-corrected chi connectivity index (χ2v) is 8.18. The van der Waals surface area contributed by atoms with Crippen molar-refractivity contribution >= 4 is 56.5 Å². The Balaban J connectivity index is 1.99. The van der Waals surface area contributed by atoms with E-state index in [1.165, 1.54) is 23.1 Å². The van der Waals surface area contributed by atoms with Crippen LogP contribution < -0.4 is 5.56 Å². The predicted octanol–water partition coefficient (Wildman–Crippen LogP) is 6.14. The Morgan fingerprint density at radius 2 is 1.85 bits per heavy atom. The average molecular weight is 419 g/mol. The van der Waals surface area contributed by atoms with E-state index in [9.17, 15) is 4.79 Å². The van der Waals surface area contributed by atoms with Crippen molar-refractivity contribution in [3.8, 4) is 16.1 Å². The normalized spacial score (nSPS) is 11.2. The summed E-state index contributed by atoms with van der Waals surface area (Å²) in [5.74, 6) is 0. The zero-order valence-electron chi connectivity index (χ0n) is 13.6. The Kier molecular flexibility index (Phi) is 4.80. The van der Waals surface area contributed by atoms with Gasteiger partial charge in [-0.25, -0.2) is 4.98 Å². The van der Waals surface area contributed by atoms with E-state index < -0.39 is 0 Å². The van der Waals surface area contributed by atoms with Gasteiger partial charge in [0.2, 0.25) is 0 Å².